The van der Waals surface area contributed by atoms with Gasteiger partial charge in [-0.3, -0.25) is 0 Å². The van der Waals surface area contributed by atoms with Gasteiger partial charge in [0.2, 0.25) is 0 Å². The highest BCUT2D eigenvalue weighted by Gasteiger charge is 2.09. The van der Waals surface area contributed by atoms with E-state index >= 15 is 0 Å². The van der Waals surface area contributed by atoms with Crippen molar-refractivity contribution in [2.75, 3.05) is 6.61 Å². The molecule has 0 radical (unpaired) electrons. The van der Waals surface area contributed by atoms with Gasteiger partial charge in [-0.05, 0) is 111 Å². The lowest BCUT2D eigenvalue weighted by atomic mass is 10.1. The molecule has 0 amide bonds. The molecule has 0 aliphatic carbocycles. The van der Waals surface area contributed by atoms with Gasteiger partial charge in [-0.2, -0.15) is 25.6 Å². The molecular weight excluding hydrogens is 480 g/mol. The zero-order valence-electron chi connectivity index (χ0n) is 21.6. The van der Waals surface area contributed by atoms with Crippen LogP contribution in [0.4, 0.5) is 34.1 Å². The summed E-state index contributed by atoms with van der Waals surface area (Å²) in [7, 11) is 0. The second-order valence-corrected chi connectivity index (χ2v) is 8.60. The number of hydrogen-bond donors (Lipinski definition) is 2. The lowest BCUT2D eigenvalue weighted by molar-refractivity contribution is 0.341. The molecule has 0 aliphatic rings. The van der Waals surface area contributed by atoms with Gasteiger partial charge in [0, 0.05) is 6.07 Å². The molecule has 9 nitrogen and oxygen atoms in total. The number of azo groups is 3. The van der Waals surface area contributed by atoms with Gasteiger partial charge < -0.3 is 14.9 Å². The Labute approximate surface area is 220 Å². The second kappa shape index (κ2) is 11.9. The first-order valence-electron chi connectivity index (χ1n) is 12.0. The molecule has 0 heterocycles. The summed E-state index contributed by atoms with van der Waals surface area (Å²) in [4.78, 5) is 0. The van der Waals surface area contributed by atoms with Crippen LogP contribution in [-0.2, 0) is 0 Å². The first kappa shape index (κ1) is 26.2. The van der Waals surface area contributed by atoms with Gasteiger partial charge in [-0.1, -0.05) is 0 Å². The molecule has 0 aliphatic heterocycles. The minimum absolute atomic E-state index is 0.185. The highest BCUT2D eigenvalue weighted by molar-refractivity contribution is 5.63. The third-order valence-corrected chi connectivity index (χ3v) is 5.60. The fourth-order valence-electron chi connectivity index (χ4n) is 3.54. The molecule has 38 heavy (non-hydrogen) atoms. The number of benzene rings is 4. The van der Waals surface area contributed by atoms with Crippen molar-refractivity contribution in [2.45, 2.75) is 27.7 Å². The van der Waals surface area contributed by atoms with Crippen molar-refractivity contribution in [2.24, 2.45) is 30.7 Å². The van der Waals surface area contributed by atoms with Gasteiger partial charge in [0.05, 0.1) is 35.0 Å². The van der Waals surface area contributed by atoms with Gasteiger partial charge in [-0.15, -0.1) is 5.11 Å². The minimum atomic E-state index is 0.185. The third kappa shape index (κ3) is 6.64. The van der Waals surface area contributed by atoms with E-state index in [1.54, 1.807) is 54.6 Å². The molecule has 4 rings (SSSR count). The molecule has 2 N–H and O–H groups in total. The van der Waals surface area contributed by atoms with Crippen LogP contribution in [0.1, 0.15) is 23.6 Å². The minimum Gasteiger partial charge on any atom is -0.508 e. The molecule has 192 valence electrons. The standard InChI is InChI=1S/C29H28N6O3/c1-5-38-29-17-27(20(4)16-28(29)35-33-26-13-11-24(37)15-19(26)3)34-31-22-8-6-21(7-9-22)30-32-25-12-10-23(36)14-18(25)2/h6-17,36-37H,5H2,1-4H3/b32-30+,34-31+,35-33+. The Morgan fingerprint density at radius 3 is 1.47 bits per heavy atom. The molecule has 0 fully saturated rings. The maximum atomic E-state index is 9.61. The fraction of sp³-hybridized carbons (Fsp3) is 0.172. The van der Waals surface area contributed by atoms with E-state index in [4.69, 9.17) is 4.74 Å². The molecule has 0 saturated heterocycles. The number of hydrogen-bond acceptors (Lipinski definition) is 9. The Balaban J connectivity index is 1.51. The van der Waals surface area contributed by atoms with E-state index in [-0.39, 0.29) is 11.5 Å². The molecule has 9 heteroatoms. The summed E-state index contributed by atoms with van der Waals surface area (Å²) in [5.74, 6) is 0.931. The first-order valence-corrected chi connectivity index (χ1v) is 12.0. The highest BCUT2D eigenvalue weighted by Crippen LogP contribution is 2.37. The quantitative estimate of drug-likeness (QED) is 0.230. The van der Waals surface area contributed by atoms with Crippen molar-refractivity contribution < 1.29 is 14.9 Å². The number of phenols is 2. The molecule has 0 unspecified atom stereocenters. The highest BCUT2D eigenvalue weighted by atomic mass is 16.5. The van der Waals surface area contributed by atoms with Crippen molar-refractivity contribution in [1.29, 1.82) is 0 Å². The van der Waals surface area contributed by atoms with E-state index in [9.17, 15) is 10.2 Å². The number of rotatable bonds is 8. The molecule has 0 atom stereocenters. The summed E-state index contributed by atoms with van der Waals surface area (Å²) >= 11 is 0. The van der Waals surface area contributed by atoms with Gasteiger partial charge in [0.25, 0.3) is 0 Å². The van der Waals surface area contributed by atoms with Crippen LogP contribution in [-0.4, -0.2) is 16.8 Å². The summed E-state index contributed by atoms with van der Waals surface area (Å²) in [5, 5.41) is 45.1. The van der Waals surface area contributed by atoms with Crippen LogP contribution < -0.4 is 4.74 Å². The second-order valence-electron chi connectivity index (χ2n) is 8.60. The van der Waals surface area contributed by atoms with E-state index in [0.717, 1.165) is 16.7 Å². The average molecular weight is 509 g/mol. The number of ether oxygens (including phenoxy) is 1. The zero-order valence-corrected chi connectivity index (χ0v) is 21.6. The van der Waals surface area contributed by atoms with Crippen LogP contribution in [0.2, 0.25) is 0 Å². The van der Waals surface area contributed by atoms with E-state index in [2.05, 4.69) is 30.7 Å². The van der Waals surface area contributed by atoms with Crippen molar-refractivity contribution in [3.63, 3.8) is 0 Å². The summed E-state index contributed by atoms with van der Waals surface area (Å²) in [6.45, 7) is 8.00. The SMILES string of the molecule is CCOc1cc(/N=N/c2ccc(/N=N/c3ccc(O)cc3C)cc2)c(C)cc1/N=N/c1ccc(O)cc1C. The van der Waals surface area contributed by atoms with Gasteiger partial charge in [0.1, 0.15) is 22.9 Å². The molecule has 4 aromatic carbocycles. The van der Waals surface area contributed by atoms with Crippen molar-refractivity contribution in [3.8, 4) is 17.2 Å². The first-order chi connectivity index (χ1) is 18.3. The fourth-order valence-corrected chi connectivity index (χ4v) is 3.54. The van der Waals surface area contributed by atoms with Crippen LogP contribution in [0.3, 0.4) is 0 Å². The van der Waals surface area contributed by atoms with Gasteiger partial charge in [-0.25, -0.2) is 0 Å². The molecule has 0 saturated carbocycles. The van der Waals surface area contributed by atoms with E-state index in [1.165, 1.54) is 0 Å². The lowest BCUT2D eigenvalue weighted by Gasteiger charge is -2.09. The summed E-state index contributed by atoms with van der Waals surface area (Å²) in [6.07, 6.45) is 0. The maximum absolute atomic E-state index is 9.61. The Bertz CT molecular complexity index is 1530. The summed E-state index contributed by atoms with van der Waals surface area (Å²) in [6, 6.07) is 20.7. The third-order valence-electron chi connectivity index (χ3n) is 5.60. The van der Waals surface area contributed by atoms with Crippen LogP contribution >= 0.6 is 0 Å². The van der Waals surface area contributed by atoms with E-state index in [1.807, 2.05) is 45.9 Å². The summed E-state index contributed by atoms with van der Waals surface area (Å²) < 4.78 is 5.78. The average Bonchev–Trinajstić information content (AvgIpc) is 2.89. The Hall–Kier alpha value is -4.92. The number of aromatic hydroxyl groups is 2. The largest absolute Gasteiger partial charge is 0.508 e. The van der Waals surface area contributed by atoms with Crippen LogP contribution in [0.15, 0.2) is 103 Å². The van der Waals surface area contributed by atoms with Gasteiger partial charge in [0.15, 0.2) is 0 Å². The molecular formula is C29H28N6O3. The van der Waals surface area contributed by atoms with Crippen molar-refractivity contribution in [1.82, 2.24) is 0 Å². The number of nitrogens with zero attached hydrogens (tertiary/aromatic N) is 6. The number of phenolic OH excluding ortho intramolecular Hbond substituents is 2. The number of aryl methyl sites for hydroxylation is 3. The Morgan fingerprint density at radius 1 is 0.526 bits per heavy atom. The molecule has 4 aromatic rings. The van der Waals surface area contributed by atoms with E-state index in [0.29, 0.717) is 46.5 Å². The van der Waals surface area contributed by atoms with Crippen molar-refractivity contribution >= 4 is 34.1 Å². The lowest BCUT2D eigenvalue weighted by Crippen LogP contribution is -1.92. The Morgan fingerprint density at radius 2 is 0.974 bits per heavy atom. The van der Waals surface area contributed by atoms with Crippen LogP contribution in [0.25, 0.3) is 0 Å². The van der Waals surface area contributed by atoms with Crippen LogP contribution in [0.5, 0.6) is 17.2 Å². The molecule has 0 bridgehead atoms. The monoisotopic (exact) mass is 508 g/mol. The van der Waals surface area contributed by atoms with Crippen LogP contribution in [0, 0.1) is 20.8 Å². The molecule has 0 aromatic heterocycles. The predicted octanol–water partition coefficient (Wildman–Crippen LogP) is 9.67. The topological polar surface area (TPSA) is 124 Å². The zero-order chi connectivity index (χ0) is 27.1. The summed E-state index contributed by atoms with van der Waals surface area (Å²) in [5.41, 5.74) is 6.43. The normalized spacial score (nSPS) is 11.7. The molecule has 0 spiro atoms. The smallest absolute Gasteiger partial charge is 0.149 e. The van der Waals surface area contributed by atoms with Crippen molar-refractivity contribution in [3.05, 3.63) is 89.5 Å². The predicted molar refractivity (Wildman–Crippen MR) is 147 cm³/mol. The van der Waals surface area contributed by atoms with Gasteiger partial charge >= 0.3 is 0 Å². The Kier molecular flexibility index (Phi) is 8.17. The maximum Gasteiger partial charge on any atom is 0.149 e. The van der Waals surface area contributed by atoms with E-state index < -0.39 is 0 Å².